The summed E-state index contributed by atoms with van der Waals surface area (Å²) >= 11 is 0. The van der Waals surface area contributed by atoms with E-state index in [4.69, 9.17) is 0 Å². The Bertz CT molecular complexity index is 1130. The van der Waals surface area contributed by atoms with Crippen molar-refractivity contribution >= 4 is 28.5 Å². The Morgan fingerprint density at radius 2 is 1.70 bits per heavy atom. The van der Waals surface area contributed by atoms with Gasteiger partial charge in [0.2, 0.25) is 11.8 Å². The van der Waals surface area contributed by atoms with Gasteiger partial charge in [-0.25, -0.2) is 13.6 Å². The van der Waals surface area contributed by atoms with Gasteiger partial charge in [0.15, 0.2) is 0 Å². The molecule has 178 valence electrons. The molecule has 0 bridgehead atoms. The van der Waals surface area contributed by atoms with Gasteiger partial charge < -0.3 is 10.2 Å². The average molecular weight is 463 g/mol. The summed E-state index contributed by atoms with van der Waals surface area (Å²) in [4.78, 5) is 41.7. The van der Waals surface area contributed by atoms with Crippen molar-refractivity contribution in [1.29, 1.82) is 0 Å². The van der Waals surface area contributed by atoms with Crippen molar-refractivity contribution in [1.82, 2.24) is 19.5 Å². The van der Waals surface area contributed by atoms with Crippen molar-refractivity contribution in [3.8, 4) is 0 Å². The summed E-state index contributed by atoms with van der Waals surface area (Å²) in [5, 5.41) is 3.74. The van der Waals surface area contributed by atoms with Crippen LogP contribution in [0, 0.1) is 0 Å². The molecule has 4 heterocycles. The number of piperazine rings is 1. The summed E-state index contributed by atoms with van der Waals surface area (Å²) in [6.07, 6.45) is 1.38. The molecule has 3 saturated heterocycles. The van der Waals surface area contributed by atoms with Crippen molar-refractivity contribution in [2.75, 3.05) is 49.2 Å². The van der Waals surface area contributed by atoms with Crippen molar-refractivity contribution < 1.29 is 18.4 Å². The van der Waals surface area contributed by atoms with E-state index >= 15 is 0 Å². The first kappa shape index (κ1) is 22.0. The number of aryl methyl sites for hydroxylation is 1. The van der Waals surface area contributed by atoms with Crippen LogP contribution < -0.4 is 20.9 Å². The van der Waals surface area contributed by atoms with E-state index in [1.165, 1.54) is 9.24 Å². The van der Waals surface area contributed by atoms with Crippen molar-refractivity contribution in [3.05, 3.63) is 28.7 Å². The van der Waals surface area contributed by atoms with Gasteiger partial charge in [-0.1, -0.05) is 0 Å². The predicted molar refractivity (Wildman–Crippen MR) is 119 cm³/mol. The van der Waals surface area contributed by atoms with Gasteiger partial charge in [0, 0.05) is 51.8 Å². The molecule has 3 aliphatic heterocycles. The lowest BCUT2D eigenvalue weighted by Crippen LogP contribution is -2.61. The van der Waals surface area contributed by atoms with Gasteiger partial charge in [0.25, 0.3) is 5.92 Å². The van der Waals surface area contributed by atoms with E-state index < -0.39 is 17.7 Å². The molecule has 9 nitrogen and oxygen atoms in total. The normalized spacial score (nSPS) is 24.6. The number of imidazole rings is 1. The number of benzene rings is 1. The minimum Gasteiger partial charge on any atom is -0.369 e. The molecule has 0 saturated carbocycles. The molecule has 5 rings (SSSR count). The Labute approximate surface area is 189 Å². The summed E-state index contributed by atoms with van der Waals surface area (Å²) in [5.41, 5.74) is 1.52. The largest absolute Gasteiger partial charge is 0.369 e. The number of anilines is 1. The van der Waals surface area contributed by atoms with Crippen molar-refractivity contribution in [2.24, 2.45) is 7.05 Å². The topological polar surface area (TPSA) is 82.8 Å². The number of alkyl halides is 2. The fraction of sp³-hybridized carbons (Fsp3) is 0.591. The van der Waals surface area contributed by atoms with Crippen LogP contribution in [-0.2, 0) is 16.6 Å². The highest BCUT2D eigenvalue weighted by Gasteiger charge is 2.45. The first-order chi connectivity index (χ1) is 15.8. The Balaban J connectivity index is 1.39. The Hall–Kier alpha value is -2.79. The molecule has 3 aliphatic rings. The quantitative estimate of drug-likeness (QED) is 0.674. The molecule has 1 aromatic carbocycles. The number of imide groups is 1. The third-order valence-corrected chi connectivity index (χ3v) is 7.03. The molecular formula is C22H28F2N6O3. The second-order valence-electron chi connectivity index (χ2n) is 9.04. The fourth-order valence-electron chi connectivity index (χ4n) is 5.23. The number of fused-ring (bicyclic) bond motifs is 1. The summed E-state index contributed by atoms with van der Waals surface area (Å²) in [6.45, 7) is 2.60. The zero-order chi connectivity index (χ0) is 23.3. The van der Waals surface area contributed by atoms with Gasteiger partial charge in [-0.3, -0.25) is 19.1 Å². The Morgan fingerprint density at radius 1 is 1.00 bits per heavy atom. The van der Waals surface area contributed by atoms with Crippen LogP contribution in [0.5, 0.6) is 0 Å². The standard InChI is InChI=1S/C22H28F2N6O3/c1-26-17-13-15(27-9-11-28(12-10-27)18-7-8-25-14-22(18,23)24)5-6-16(17)29(21(26)33)30-19(31)3-2-4-20(30)32/h5-6,13,18,25H,2-4,7-12,14H2,1H3. The minimum atomic E-state index is -2.73. The summed E-state index contributed by atoms with van der Waals surface area (Å²) in [6, 6.07) is 4.72. The molecule has 2 aromatic rings. The number of carbonyl (C=O) groups is 2. The van der Waals surface area contributed by atoms with Crippen LogP contribution in [-0.4, -0.2) is 77.2 Å². The van der Waals surface area contributed by atoms with Crippen LogP contribution in [0.1, 0.15) is 25.7 Å². The number of hydrogen-bond acceptors (Lipinski definition) is 6. The smallest absolute Gasteiger partial charge is 0.348 e. The second-order valence-corrected chi connectivity index (χ2v) is 9.04. The Morgan fingerprint density at radius 3 is 2.36 bits per heavy atom. The highest BCUT2D eigenvalue weighted by Crippen LogP contribution is 2.30. The monoisotopic (exact) mass is 462 g/mol. The lowest BCUT2D eigenvalue weighted by atomic mass is 9.99. The zero-order valence-electron chi connectivity index (χ0n) is 18.6. The van der Waals surface area contributed by atoms with Crippen LogP contribution in [0.4, 0.5) is 14.5 Å². The highest BCUT2D eigenvalue weighted by atomic mass is 19.3. The number of carbonyl (C=O) groups excluding carboxylic acids is 2. The van der Waals surface area contributed by atoms with E-state index in [0.717, 1.165) is 10.7 Å². The maximum atomic E-state index is 14.3. The molecule has 33 heavy (non-hydrogen) atoms. The number of amides is 2. The van der Waals surface area contributed by atoms with Gasteiger partial charge in [-0.15, -0.1) is 0 Å². The number of aromatic nitrogens is 2. The van der Waals surface area contributed by atoms with Crippen LogP contribution in [0.25, 0.3) is 11.0 Å². The first-order valence-corrected chi connectivity index (χ1v) is 11.4. The number of piperidine rings is 2. The molecule has 1 aromatic heterocycles. The number of halogens is 2. The first-order valence-electron chi connectivity index (χ1n) is 11.4. The number of rotatable bonds is 3. The molecule has 3 fully saturated rings. The van der Waals surface area contributed by atoms with Crippen LogP contribution >= 0.6 is 0 Å². The lowest BCUT2D eigenvalue weighted by Gasteiger charge is -2.44. The van der Waals surface area contributed by atoms with Crippen molar-refractivity contribution in [3.63, 3.8) is 0 Å². The van der Waals surface area contributed by atoms with E-state index in [2.05, 4.69) is 10.2 Å². The molecule has 0 spiro atoms. The molecular weight excluding hydrogens is 434 g/mol. The number of nitrogens with zero attached hydrogens (tertiary/aromatic N) is 5. The number of nitrogens with one attached hydrogen (secondary N) is 1. The zero-order valence-corrected chi connectivity index (χ0v) is 18.6. The van der Waals surface area contributed by atoms with Crippen LogP contribution in [0.3, 0.4) is 0 Å². The third kappa shape index (κ3) is 3.72. The highest BCUT2D eigenvalue weighted by molar-refractivity contribution is 6.11. The van der Waals surface area contributed by atoms with Gasteiger partial charge in [-0.2, -0.15) is 9.69 Å². The van der Waals surface area contributed by atoms with E-state index in [-0.39, 0.29) is 31.2 Å². The molecule has 0 aliphatic carbocycles. The van der Waals surface area contributed by atoms with E-state index in [1.807, 2.05) is 17.0 Å². The van der Waals surface area contributed by atoms with Gasteiger partial charge in [0.05, 0.1) is 23.6 Å². The molecule has 1 N–H and O–H groups in total. The summed E-state index contributed by atoms with van der Waals surface area (Å²) in [5.74, 6) is -3.49. The summed E-state index contributed by atoms with van der Waals surface area (Å²) < 4.78 is 31.3. The summed E-state index contributed by atoms with van der Waals surface area (Å²) in [7, 11) is 1.61. The maximum Gasteiger partial charge on any atom is 0.348 e. The van der Waals surface area contributed by atoms with Gasteiger partial charge >= 0.3 is 5.69 Å². The molecule has 1 atom stereocenters. The SMILES string of the molecule is Cn1c(=O)n(N2C(=O)CCCC2=O)c2ccc(N3CCN(C4CCNCC4(F)F)CC3)cc21. The molecule has 11 heteroatoms. The average Bonchev–Trinajstić information content (AvgIpc) is 3.04. The predicted octanol–water partition coefficient (Wildman–Crippen LogP) is 0.634. The lowest BCUT2D eigenvalue weighted by molar-refractivity contribution is -0.131. The van der Waals surface area contributed by atoms with E-state index in [9.17, 15) is 23.2 Å². The fourth-order valence-corrected chi connectivity index (χ4v) is 5.23. The van der Waals surface area contributed by atoms with Crippen molar-refractivity contribution in [2.45, 2.75) is 37.6 Å². The van der Waals surface area contributed by atoms with Gasteiger partial charge in [-0.05, 0) is 37.6 Å². The number of hydrogen-bond donors (Lipinski definition) is 1. The van der Waals surface area contributed by atoms with E-state index in [0.29, 0.717) is 56.6 Å². The molecule has 2 amide bonds. The van der Waals surface area contributed by atoms with Crippen LogP contribution in [0.15, 0.2) is 23.0 Å². The molecule has 0 radical (unpaired) electrons. The maximum absolute atomic E-state index is 14.3. The van der Waals surface area contributed by atoms with Gasteiger partial charge in [0.1, 0.15) is 0 Å². The molecule has 1 unspecified atom stereocenters. The third-order valence-electron chi connectivity index (χ3n) is 7.03. The minimum absolute atomic E-state index is 0.229. The van der Waals surface area contributed by atoms with Crippen LogP contribution in [0.2, 0.25) is 0 Å². The second kappa shape index (κ2) is 8.21. The van der Waals surface area contributed by atoms with E-state index in [1.54, 1.807) is 13.1 Å². The Kier molecular flexibility index (Phi) is 5.48.